The Labute approximate surface area is 107 Å². The Balaban J connectivity index is 2.00. The summed E-state index contributed by atoms with van der Waals surface area (Å²) in [6, 6.07) is 7.95. The molecule has 0 radical (unpaired) electrons. The van der Waals surface area contributed by atoms with Crippen molar-refractivity contribution in [3.8, 4) is 5.75 Å². The molecule has 98 valence electrons. The van der Waals surface area contributed by atoms with Crippen LogP contribution in [0.25, 0.3) is 0 Å². The van der Waals surface area contributed by atoms with Gasteiger partial charge in [-0.3, -0.25) is 4.79 Å². The molecule has 0 amide bonds. The molecule has 2 aromatic carbocycles. The molecular formula is C14H9F3O2. The highest BCUT2D eigenvalue weighted by atomic mass is 19.2. The van der Waals surface area contributed by atoms with Gasteiger partial charge in [-0.1, -0.05) is 0 Å². The Kier molecular flexibility index (Phi) is 3.85. The fourth-order valence-corrected chi connectivity index (χ4v) is 1.43. The van der Waals surface area contributed by atoms with Crippen LogP contribution in [0, 0.1) is 17.5 Å². The number of hydrogen-bond acceptors (Lipinski definition) is 2. The van der Waals surface area contributed by atoms with Crippen molar-refractivity contribution in [3.63, 3.8) is 0 Å². The molecule has 0 aromatic heterocycles. The molecule has 0 N–H and O–H groups in total. The summed E-state index contributed by atoms with van der Waals surface area (Å²) in [5.41, 5.74) is 0.281. The summed E-state index contributed by atoms with van der Waals surface area (Å²) in [4.78, 5) is 11.7. The maximum absolute atomic E-state index is 12.9. The van der Waals surface area contributed by atoms with Gasteiger partial charge in [-0.2, -0.15) is 0 Å². The number of rotatable bonds is 4. The predicted octanol–water partition coefficient (Wildman–Crippen LogP) is 3.37. The normalized spacial score (nSPS) is 10.3. The van der Waals surface area contributed by atoms with Crippen LogP contribution in [0.15, 0.2) is 42.5 Å². The van der Waals surface area contributed by atoms with E-state index >= 15 is 0 Å². The van der Waals surface area contributed by atoms with E-state index in [-0.39, 0.29) is 23.7 Å². The van der Waals surface area contributed by atoms with Gasteiger partial charge in [0.1, 0.15) is 11.6 Å². The Hall–Kier alpha value is -2.30. The van der Waals surface area contributed by atoms with Crippen molar-refractivity contribution in [3.05, 3.63) is 65.5 Å². The zero-order valence-corrected chi connectivity index (χ0v) is 9.70. The van der Waals surface area contributed by atoms with E-state index in [4.69, 9.17) is 4.74 Å². The third kappa shape index (κ3) is 3.34. The van der Waals surface area contributed by atoms with Crippen LogP contribution in [-0.2, 0) is 0 Å². The maximum Gasteiger partial charge on any atom is 0.200 e. The first-order chi connectivity index (χ1) is 9.06. The number of halogens is 3. The van der Waals surface area contributed by atoms with E-state index in [9.17, 15) is 18.0 Å². The summed E-state index contributed by atoms with van der Waals surface area (Å²) in [6.45, 7) is -0.337. The van der Waals surface area contributed by atoms with Gasteiger partial charge in [0.15, 0.2) is 24.0 Å². The third-order valence-corrected chi connectivity index (χ3v) is 2.43. The van der Waals surface area contributed by atoms with Crippen LogP contribution in [0.3, 0.4) is 0 Å². The van der Waals surface area contributed by atoms with Crippen LogP contribution in [0.5, 0.6) is 5.75 Å². The molecule has 0 unspecified atom stereocenters. The standard InChI is InChI=1S/C14H9F3O2/c15-10-3-1-9(2-4-10)14(18)8-19-11-5-6-12(16)13(17)7-11/h1-7H,8H2. The minimum atomic E-state index is -1.05. The van der Waals surface area contributed by atoms with E-state index < -0.39 is 17.5 Å². The highest BCUT2D eigenvalue weighted by Gasteiger charge is 2.08. The number of carbonyl (C=O) groups excluding carboxylic acids is 1. The molecule has 0 saturated heterocycles. The van der Waals surface area contributed by atoms with Gasteiger partial charge in [0.25, 0.3) is 0 Å². The Morgan fingerprint density at radius 2 is 1.63 bits per heavy atom. The average Bonchev–Trinajstić information content (AvgIpc) is 2.40. The highest BCUT2D eigenvalue weighted by Crippen LogP contribution is 2.15. The zero-order chi connectivity index (χ0) is 13.8. The fraction of sp³-hybridized carbons (Fsp3) is 0.0714. The van der Waals surface area contributed by atoms with Crippen LogP contribution < -0.4 is 4.74 Å². The van der Waals surface area contributed by atoms with Crippen molar-refractivity contribution in [1.82, 2.24) is 0 Å². The van der Waals surface area contributed by atoms with Crippen LogP contribution in [0.2, 0.25) is 0 Å². The number of ketones is 1. The van der Waals surface area contributed by atoms with Gasteiger partial charge in [-0.25, -0.2) is 13.2 Å². The van der Waals surface area contributed by atoms with E-state index in [0.29, 0.717) is 0 Å². The molecule has 2 rings (SSSR count). The van der Waals surface area contributed by atoms with Crippen molar-refractivity contribution < 1.29 is 22.7 Å². The molecule has 0 saturated carbocycles. The Morgan fingerprint density at radius 1 is 0.947 bits per heavy atom. The molecule has 0 atom stereocenters. The van der Waals surface area contributed by atoms with E-state index in [1.165, 1.54) is 18.2 Å². The molecule has 19 heavy (non-hydrogen) atoms. The van der Waals surface area contributed by atoms with Gasteiger partial charge >= 0.3 is 0 Å². The predicted molar refractivity (Wildman–Crippen MR) is 62.6 cm³/mol. The molecule has 0 fully saturated rings. The minimum absolute atomic E-state index is 0.0503. The summed E-state index contributed by atoms with van der Waals surface area (Å²) in [5.74, 6) is -2.82. The van der Waals surface area contributed by atoms with Gasteiger partial charge < -0.3 is 4.74 Å². The summed E-state index contributed by atoms with van der Waals surface area (Å²) in [5, 5.41) is 0. The second kappa shape index (κ2) is 5.56. The molecule has 2 aromatic rings. The molecule has 0 aliphatic carbocycles. The second-order valence-electron chi connectivity index (χ2n) is 3.79. The van der Waals surface area contributed by atoms with Gasteiger partial charge in [0, 0.05) is 11.6 Å². The monoisotopic (exact) mass is 266 g/mol. The Morgan fingerprint density at radius 3 is 2.26 bits per heavy atom. The summed E-state index contributed by atoms with van der Waals surface area (Å²) in [7, 11) is 0. The lowest BCUT2D eigenvalue weighted by Gasteiger charge is -2.06. The van der Waals surface area contributed by atoms with Crippen LogP contribution in [-0.4, -0.2) is 12.4 Å². The van der Waals surface area contributed by atoms with Crippen LogP contribution in [0.1, 0.15) is 10.4 Å². The van der Waals surface area contributed by atoms with Gasteiger partial charge in [0.2, 0.25) is 0 Å². The van der Waals surface area contributed by atoms with Crippen molar-refractivity contribution >= 4 is 5.78 Å². The SMILES string of the molecule is O=C(COc1ccc(F)c(F)c1)c1ccc(F)cc1. The largest absolute Gasteiger partial charge is 0.485 e. The molecule has 5 heteroatoms. The number of hydrogen-bond donors (Lipinski definition) is 0. The average molecular weight is 266 g/mol. The lowest BCUT2D eigenvalue weighted by molar-refractivity contribution is 0.0921. The van der Waals surface area contributed by atoms with Crippen molar-refractivity contribution in [2.24, 2.45) is 0 Å². The Bertz CT molecular complexity index is 594. The molecule has 0 bridgehead atoms. The summed E-state index contributed by atoms with van der Waals surface area (Å²) >= 11 is 0. The lowest BCUT2D eigenvalue weighted by atomic mass is 10.1. The van der Waals surface area contributed by atoms with Gasteiger partial charge in [-0.05, 0) is 36.4 Å². The molecule has 0 aliphatic heterocycles. The minimum Gasteiger partial charge on any atom is -0.485 e. The number of ether oxygens (including phenoxy) is 1. The van der Waals surface area contributed by atoms with Crippen molar-refractivity contribution in [2.45, 2.75) is 0 Å². The molecule has 0 heterocycles. The first-order valence-corrected chi connectivity index (χ1v) is 5.43. The summed E-state index contributed by atoms with van der Waals surface area (Å²) in [6.07, 6.45) is 0. The van der Waals surface area contributed by atoms with Crippen molar-refractivity contribution in [2.75, 3.05) is 6.61 Å². The molecule has 2 nitrogen and oxygen atoms in total. The molecular weight excluding hydrogens is 257 g/mol. The number of benzene rings is 2. The third-order valence-electron chi connectivity index (χ3n) is 2.43. The first-order valence-electron chi connectivity index (χ1n) is 5.43. The van der Waals surface area contributed by atoms with E-state index in [1.54, 1.807) is 0 Å². The van der Waals surface area contributed by atoms with Crippen LogP contribution in [0.4, 0.5) is 13.2 Å². The molecule has 0 spiro atoms. The number of carbonyl (C=O) groups is 1. The van der Waals surface area contributed by atoms with E-state index in [2.05, 4.69) is 0 Å². The highest BCUT2D eigenvalue weighted by molar-refractivity contribution is 5.97. The molecule has 0 aliphatic rings. The maximum atomic E-state index is 12.9. The van der Waals surface area contributed by atoms with Crippen LogP contribution >= 0.6 is 0 Å². The quantitative estimate of drug-likeness (QED) is 0.793. The summed E-state index contributed by atoms with van der Waals surface area (Å²) < 4.78 is 43.3. The van der Waals surface area contributed by atoms with Gasteiger partial charge in [0.05, 0.1) is 0 Å². The van der Waals surface area contributed by atoms with E-state index in [1.807, 2.05) is 0 Å². The smallest absolute Gasteiger partial charge is 0.200 e. The zero-order valence-electron chi connectivity index (χ0n) is 9.70. The first kappa shape index (κ1) is 13.1. The van der Waals surface area contributed by atoms with E-state index in [0.717, 1.165) is 24.3 Å². The number of Topliss-reactive ketones (excluding diaryl/α,β-unsaturated/α-hetero) is 1. The van der Waals surface area contributed by atoms with Crippen molar-refractivity contribution in [1.29, 1.82) is 0 Å². The second-order valence-corrected chi connectivity index (χ2v) is 3.79. The lowest BCUT2D eigenvalue weighted by Crippen LogP contribution is -2.11. The van der Waals surface area contributed by atoms with Gasteiger partial charge in [-0.15, -0.1) is 0 Å². The topological polar surface area (TPSA) is 26.3 Å². The fourth-order valence-electron chi connectivity index (χ4n) is 1.43.